The Labute approximate surface area is 155 Å². The second kappa shape index (κ2) is 7.84. The molecule has 0 aliphatic heterocycles. The molecule has 0 atom stereocenters. The summed E-state index contributed by atoms with van der Waals surface area (Å²) < 4.78 is 5.70. The van der Waals surface area contributed by atoms with E-state index in [1.165, 1.54) is 6.20 Å². The van der Waals surface area contributed by atoms with Crippen LogP contribution in [0.4, 0.5) is 0 Å². The maximum atomic E-state index is 11.1. The first-order chi connectivity index (χ1) is 12.5. The summed E-state index contributed by atoms with van der Waals surface area (Å²) in [5.74, 6) is -0.276. The lowest BCUT2D eigenvalue weighted by Crippen LogP contribution is -2.14. The molecular formula is C19H16ClN3O3. The molecule has 0 bridgehead atoms. The van der Waals surface area contributed by atoms with Crippen LogP contribution in [0.2, 0.25) is 5.15 Å². The number of halogens is 1. The summed E-state index contributed by atoms with van der Waals surface area (Å²) in [5.41, 5.74) is 7.49. The number of nitrogens with zero attached hydrogens (tertiary/aromatic N) is 2. The van der Waals surface area contributed by atoms with Gasteiger partial charge in [0.25, 0.3) is 5.91 Å². The number of hydrogen-bond donors (Lipinski definition) is 2. The Hall–Kier alpha value is -3.12. The molecule has 0 aliphatic rings. The van der Waals surface area contributed by atoms with Gasteiger partial charge in [-0.25, -0.2) is 4.98 Å². The van der Waals surface area contributed by atoms with Crippen LogP contribution in [0.15, 0.2) is 54.7 Å². The molecule has 6 nitrogen and oxygen atoms in total. The van der Waals surface area contributed by atoms with E-state index in [1.807, 2.05) is 30.3 Å². The molecule has 1 aromatic heterocycles. The third-order valence-electron chi connectivity index (χ3n) is 3.68. The summed E-state index contributed by atoms with van der Waals surface area (Å²) in [6.07, 6.45) is 1.66. The van der Waals surface area contributed by atoms with Gasteiger partial charge in [0.05, 0.1) is 11.9 Å². The number of phenolic OH excluding ortho intramolecular Hbond substituents is 1. The Balaban J connectivity index is 1.76. The zero-order valence-electron chi connectivity index (χ0n) is 13.7. The third-order valence-corrected chi connectivity index (χ3v) is 3.99. The number of rotatable bonds is 6. The zero-order chi connectivity index (χ0) is 18.5. The van der Waals surface area contributed by atoms with Crippen LogP contribution >= 0.6 is 11.6 Å². The fraction of sp³-hybridized carbons (Fsp3) is 0.105. The number of carbonyl (C=O) groups is 1. The minimum Gasteiger partial charge on any atom is -0.504 e. The van der Waals surface area contributed by atoms with Gasteiger partial charge in [-0.2, -0.15) is 0 Å². The topological polar surface area (TPSA) is 98.3 Å². The third kappa shape index (κ3) is 4.29. The molecule has 2 aromatic carbocycles. The van der Waals surface area contributed by atoms with Gasteiger partial charge in [-0.05, 0) is 23.3 Å². The molecule has 0 saturated carbocycles. The van der Waals surface area contributed by atoms with Gasteiger partial charge in [0.15, 0.2) is 16.7 Å². The van der Waals surface area contributed by atoms with Crippen molar-refractivity contribution in [2.24, 2.45) is 5.73 Å². The van der Waals surface area contributed by atoms with Crippen molar-refractivity contribution in [3.63, 3.8) is 0 Å². The van der Waals surface area contributed by atoms with Crippen molar-refractivity contribution in [2.75, 3.05) is 0 Å². The molecular weight excluding hydrogens is 354 g/mol. The van der Waals surface area contributed by atoms with Crippen LogP contribution in [-0.4, -0.2) is 21.0 Å². The Morgan fingerprint density at radius 1 is 1.15 bits per heavy atom. The SMILES string of the molecule is NC(=O)c1cnc(Cc2ccc(O)c(OCc3ccccc3)c2)c(Cl)n1. The summed E-state index contributed by atoms with van der Waals surface area (Å²) in [6, 6.07) is 14.7. The van der Waals surface area contributed by atoms with E-state index in [0.717, 1.165) is 11.1 Å². The summed E-state index contributed by atoms with van der Waals surface area (Å²) in [4.78, 5) is 19.2. The summed E-state index contributed by atoms with van der Waals surface area (Å²) >= 11 is 6.07. The monoisotopic (exact) mass is 369 g/mol. The average molecular weight is 370 g/mol. The fourth-order valence-electron chi connectivity index (χ4n) is 2.34. The van der Waals surface area contributed by atoms with E-state index in [9.17, 15) is 9.90 Å². The number of benzene rings is 2. The van der Waals surface area contributed by atoms with Crippen LogP contribution in [0.1, 0.15) is 27.3 Å². The van der Waals surface area contributed by atoms with E-state index in [0.29, 0.717) is 24.5 Å². The van der Waals surface area contributed by atoms with Crippen LogP contribution in [0.3, 0.4) is 0 Å². The molecule has 1 heterocycles. The summed E-state index contributed by atoms with van der Waals surface area (Å²) in [5, 5.41) is 10.1. The van der Waals surface area contributed by atoms with Crippen LogP contribution in [0.5, 0.6) is 11.5 Å². The van der Waals surface area contributed by atoms with Gasteiger partial charge in [0.2, 0.25) is 0 Å². The molecule has 0 unspecified atom stereocenters. The van der Waals surface area contributed by atoms with E-state index >= 15 is 0 Å². The quantitative estimate of drug-likeness (QED) is 0.695. The molecule has 1 amide bonds. The second-order valence-electron chi connectivity index (χ2n) is 5.61. The van der Waals surface area contributed by atoms with Gasteiger partial charge >= 0.3 is 0 Å². The van der Waals surface area contributed by atoms with Crippen LogP contribution < -0.4 is 10.5 Å². The smallest absolute Gasteiger partial charge is 0.268 e. The van der Waals surface area contributed by atoms with E-state index in [2.05, 4.69) is 9.97 Å². The molecule has 3 rings (SSSR count). The number of hydrogen-bond acceptors (Lipinski definition) is 5. The highest BCUT2D eigenvalue weighted by Crippen LogP contribution is 2.29. The van der Waals surface area contributed by atoms with Gasteiger partial charge in [-0.3, -0.25) is 9.78 Å². The first kappa shape index (κ1) is 17.7. The number of carbonyl (C=O) groups excluding carboxylic acids is 1. The Morgan fingerprint density at radius 2 is 1.92 bits per heavy atom. The molecule has 0 fully saturated rings. The van der Waals surface area contributed by atoms with Gasteiger partial charge < -0.3 is 15.6 Å². The molecule has 7 heteroatoms. The number of ether oxygens (including phenoxy) is 1. The van der Waals surface area contributed by atoms with E-state index in [4.69, 9.17) is 22.1 Å². The van der Waals surface area contributed by atoms with E-state index in [-0.39, 0.29) is 16.6 Å². The highest BCUT2D eigenvalue weighted by molar-refractivity contribution is 6.30. The summed E-state index contributed by atoms with van der Waals surface area (Å²) in [7, 11) is 0. The highest BCUT2D eigenvalue weighted by Gasteiger charge is 2.11. The number of aromatic hydroxyl groups is 1. The largest absolute Gasteiger partial charge is 0.504 e. The van der Waals surface area contributed by atoms with Crippen LogP contribution in [0, 0.1) is 0 Å². The van der Waals surface area contributed by atoms with Gasteiger partial charge in [0.1, 0.15) is 12.3 Å². The fourth-order valence-corrected chi connectivity index (χ4v) is 2.55. The Kier molecular flexibility index (Phi) is 5.34. The standard InChI is InChI=1S/C19H16ClN3O3/c20-18-14(22-10-15(23-18)19(21)25)8-13-6-7-16(24)17(9-13)26-11-12-4-2-1-3-5-12/h1-7,9-10,24H,8,11H2,(H2,21,25). The van der Waals surface area contributed by atoms with E-state index in [1.54, 1.807) is 18.2 Å². The van der Waals surface area contributed by atoms with Crippen LogP contribution in [0.25, 0.3) is 0 Å². The molecule has 0 saturated heterocycles. The van der Waals surface area contributed by atoms with Crippen molar-refractivity contribution in [1.29, 1.82) is 0 Å². The Bertz CT molecular complexity index is 933. The van der Waals surface area contributed by atoms with Crippen molar-refractivity contribution in [1.82, 2.24) is 9.97 Å². The number of primary amides is 1. The van der Waals surface area contributed by atoms with Crippen molar-refractivity contribution < 1.29 is 14.6 Å². The molecule has 0 spiro atoms. The predicted molar refractivity (Wildman–Crippen MR) is 97.2 cm³/mol. The van der Waals surface area contributed by atoms with Gasteiger partial charge in [-0.1, -0.05) is 48.0 Å². The molecule has 26 heavy (non-hydrogen) atoms. The minimum atomic E-state index is -0.688. The van der Waals surface area contributed by atoms with Crippen molar-refractivity contribution in [3.8, 4) is 11.5 Å². The minimum absolute atomic E-state index is 0.0105. The first-order valence-corrected chi connectivity index (χ1v) is 8.20. The average Bonchev–Trinajstić information content (AvgIpc) is 2.64. The Morgan fingerprint density at radius 3 is 2.62 bits per heavy atom. The lowest BCUT2D eigenvalue weighted by molar-refractivity contribution is 0.0995. The van der Waals surface area contributed by atoms with Crippen molar-refractivity contribution in [3.05, 3.63) is 82.4 Å². The number of amides is 1. The zero-order valence-corrected chi connectivity index (χ0v) is 14.5. The molecule has 132 valence electrons. The summed E-state index contributed by atoms with van der Waals surface area (Å²) in [6.45, 7) is 0.339. The predicted octanol–water partition coefficient (Wildman–Crippen LogP) is 3.10. The van der Waals surface area contributed by atoms with Gasteiger partial charge in [-0.15, -0.1) is 0 Å². The van der Waals surface area contributed by atoms with Gasteiger partial charge in [0, 0.05) is 6.42 Å². The molecule has 3 N–H and O–H groups in total. The molecule has 0 radical (unpaired) electrons. The van der Waals surface area contributed by atoms with Crippen molar-refractivity contribution >= 4 is 17.5 Å². The number of aromatic nitrogens is 2. The van der Waals surface area contributed by atoms with Crippen LogP contribution in [-0.2, 0) is 13.0 Å². The molecule has 0 aliphatic carbocycles. The lowest BCUT2D eigenvalue weighted by Gasteiger charge is -2.10. The normalized spacial score (nSPS) is 10.5. The maximum absolute atomic E-state index is 11.1. The maximum Gasteiger partial charge on any atom is 0.268 e. The molecule has 3 aromatic rings. The highest BCUT2D eigenvalue weighted by atomic mass is 35.5. The lowest BCUT2D eigenvalue weighted by atomic mass is 10.1. The second-order valence-corrected chi connectivity index (χ2v) is 5.97. The number of nitrogens with two attached hydrogens (primary N) is 1. The van der Waals surface area contributed by atoms with E-state index < -0.39 is 5.91 Å². The number of phenols is 1. The first-order valence-electron chi connectivity index (χ1n) is 7.83. The van der Waals surface area contributed by atoms with Crippen molar-refractivity contribution in [2.45, 2.75) is 13.0 Å².